The summed E-state index contributed by atoms with van der Waals surface area (Å²) < 4.78 is 5.70. The van der Waals surface area contributed by atoms with Crippen molar-refractivity contribution in [3.05, 3.63) is 83.7 Å². The summed E-state index contributed by atoms with van der Waals surface area (Å²) in [7, 11) is 0. The molecule has 2 heterocycles. The van der Waals surface area contributed by atoms with Crippen LogP contribution in [0.15, 0.2) is 66.9 Å². The van der Waals surface area contributed by atoms with E-state index in [-0.39, 0.29) is 19.1 Å². The number of aliphatic carboxylic acids is 1. The second kappa shape index (κ2) is 13.6. The van der Waals surface area contributed by atoms with Crippen LogP contribution in [0.2, 0.25) is 0 Å². The second-order valence-corrected chi connectivity index (χ2v) is 9.68. The molecule has 1 aromatic heterocycles. The van der Waals surface area contributed by atoms with E-state index in [1.807, 2.05) is 43.3 Å². The monoisotopic (exact) mass is 516 g/mol. The van der Waals surface area contributed by atoms with Crippen LogP contribution in [0, 0.1) is 5.92 Å². The number of hydrogen-bond acceptors (Lipinski definition) is 6. The standard InChI is InChI=1S/C30H36N4O4/c1-2-9-27-26(29(37)34(22-28(35)36)18-19-38-25-12-7-4-8-13-25)21-31-30(32-27)33-16-14-24(15-17-33)20-23-10-5-3-6-11-23/h3-8,10-13,21,24H,2,9,14-20,22H2,1H3,(H,35,36). The molecule has 1 fully saturated rings. The minimum Gasteiger partial charge on any atom is -0.492 e. The van der Waals surface area contributed by atoms with Crippen LogP contribution in [-0.4, -0.2) is 64.6 Å². The summed E-state index contributed by atoms with van der Waals surface area (Å²) in [5.74, 6) is 0.474. The molecule has 8 nitrogen and oxygen atoms in total. The number of piperidine rings is 1. The van der Waals surface area contributed by atoms with Crippen molar-refractivity contribution in [1.29, 1.82) is 0 Å². The largest absolute Gasteiger partial charge is 0.492 e. The van der Waals surface area contributed by atoms with Gasteiger partial charge in [0.15, 0.2) is 0 Å². The Morgan fingerprint density at radius 2 is 1.74 bits per heavy atom. The van der Waals surface area contributed by atoms with Gasteiger partial charge in [-0.3, -0.25) is 9.59 Å². The molecular weight excluding hydrogens is 480 g/mol. The molecule has 0 radical (unpaired) electrons. The fourth-order valence-electron chi connectivity index (χ4n) is 4.83. The first-order chi connectivity index (χ1) is 18.5. The van der Waals surface area contributed by atoms with Crippen molar-refractivity contribution in [2.24, 2.45) is 5.92 Å². The molecule has 8 heteroatoms. The van der Waals surface area contributed by atoms with E-state index in [0.29, 0.717) is 35.3 Å². The summed E-state index contributed by atoms with van der Waals surface area (Å²) in [6, 6.07) is 19.8. The second-order valence-electron chi connectivity index (χ2n) is 9.68. The first-order valence-corrected chi connectivity index (χ1v) is 13.4. The first kappa shape index (κ1) is 27.1. The average Bonchev–Trinajstić information content (AvgIpc) is 2.94. The van der Waals surface area contributed by atoms with E-state index in [0.717, 1.165) is 38.8 Å². The summed E-state index contributed by atoms with van der Waals surface area (Å²) in [5, 5.41) is 9.42. The zero-order valence-corrected chi connectivity index (χ0v) is 22.0. The van der Waals surface area contributed by atoms with Crippen molar-refractivity contribution in [3.8, 4) is 5.75 Å². The van der Waals surface area contributed by atoms with Gasteiger partial charge in [-0.05, 0) is 49.3 Å². The third kappa shape index (κ3) is 7.54. The number of benzene rings is 2. The number of carbonyl (C=O) groups excluding carboxylic acids is 1. The minimum absolute atomic E-state index is 0.141. The fraction of sp³-hybridized carbons (Fsp3) is 0.400. The highest BCUT2D eigenvalue weighted by Crippen LogP contribution is 2.25. The lowest BCUT2D eigenvalue weighted by Crippen LogP contribution is -2.39. The Morgan fingerprint density at radius 3 is 2.39 bits per heavy atom. The molecule has 1 aliphatic rings. The van der Waals surface area contributed by atoms with Gasteiger partial charge in [0.05, 0.1) is 17.8 Å². The van der Waals surface area contributed by atoms with Crippen molar-refractivity contribution < 1.29 is 19.4 Å². The molecule has 38 heavy (non-hydrogen) atoms. The third-order valence-electron chi connectivity index (χ3n) is 6.82. The number of rotatable bonds is 12. The lowest BCUT2D eigenvalue weighted by Gasteiger charge is -2.32. The molecule has 0 atom stereocenters. The number of ether oxygens (including phenoxy) is 1. The Hall–Kier alpha value is -3.94. The van der Waals surface area contributed by atoms with E-state index in [9.17, 15) is 14.7 Å². The molecular formula is C30H36N4O4. The molecule has 1 N–H and O–H groups in total. The third-order valence-corrected chi connectivity index (χ3v) is 6.82. The molecule has 0 aliphatic carbocycles. The number of carboxylic acids is 1. The normalized spacial score (nSPS) is 13.8. The number of carbonyl (C=O) groups is 2. The summed E-state index contributed by atoms with van der Waals surface area (Å²) in [5.41, 5.74) is 2.39. The smallest absolute Gasteiger partial charge is 0.323 e. The van der Waals surface area contributed by atoms with Gasteiger partial charge in [0.1, 0.15) is 18.9 Å². The predicted molar refractivity (Wildman–Crippen MR) is 147 cm³/mol. The van der Waals surface area contributed by atoms with Gasteiger partial charge in [-0.2, -0.15) is 0 Å². The fourth-order valence-corrected chi connectivity index (χ4v) is 4.83. The molecule has 1 amide bonds. The van der Waals surface area contributed by atoms with E-state index >= 15 is 0 Å². The molecule has 2 aromatic carbocycles. The van der Waals surface area contributed by atoms with E-state index < -0.39 is 12.5 Å². The summed E-state index contributed by atoms with van der Waals surface area (Å²) >= 11 is 0. The summed E-state index contributed by atoms with van der Waals surface area (Å²) in [6.07, 6.45) is 6.20. The van der Waals surface area contributed by atoms with Crippen LogP contribution in [0.4, 0.5) is 5.95 Å². The maximum atomic E-state index is 13.4. The van der Waals surface area contributed by atoms with Gasteiger partial charge < -0.3 is 19.6 Å². The highest BCUT2D eigenvalue weighted by molar-refractivity contribution is 5.96. The van der Waals surface area contributed by atoms with Gasteiger partial charge in [-0.25, -0.2) is 9.97 Å². The van der Waals surface area contributed by atoms with Gasteiger partial charge in [-0.1, -0.05) is 61.9 Å². The Labute approximate surface area is 224 Å². The maximum Gasteiger partial charge on any atom is 0.323 e. The topological polar surface area (TPSA) is 95.9 Å². The van der Waals surface area contributed by atoms with Crippen LogP contribution in [0.5, 0.6) is 5.75 Å². The predicted octanol–water partition coefficient (Wildman–Crippen LogP) is 4.49. The summed E-state index contributed by atoms with van der Waals surface area (Å²) in [4.78, 5) is 37.8. The van der Waals surface area contributed by atoms with Crippen LogP contribution in [0.3, 0.4) is 0 Å². The highest BCUT2D eigenvalue weighted by Gasteiger charge is 2.25. The van der Waals surface area contributed by atoms with E-state index in [4.69, 9.17) is 9.72 Å². The molecule has 3 aromatic rings. The average molecular weight is 517 g/mol. The highest BCUT2D eigenvalue weighted by atomic mass is 16.5. The minimum atomic E-state index is -1.08. The zero-order chi connectivity index (χ0) is 26.7. The Balaban J connectivity index is 1.42. The number of carboxylic acid groups (broad SMARTS) is 1. The Bertz CT molecular complexity index is 1180. The van der Waals surface area contributed by atoms with Gasteiger partial charge in [0.25, 0.3) is 5.91 Å². The first-order valence-electron chi connectivity index (χ1n) is 13.4. The van der Waals surface area contributed by atoms with Crippen LogP contribution >= 0.6 is 0 Å². The van der Waals surface area contributed by atoms with Gasteiger partial charge in [0.2, 0.25) is 5.95 Å². The van der Waals surface area contributed by atoms with Crippen LogP contribution < -0.4 is 9.64 Å². The van der Waals surface area contributed by atoms with Crippen LogP contribution in [-0.2, 0) is 17.6 Å². The number of nitrogens with zero attached hydrogens (tertiary/aromatic N) is 4. The van der Waals surface area contributed by atoms with Crippen molar-refractivity contribution in [2.75, 3.05) is 37.7 Å². The van der Waals surface area contributed by atoms with Crippen LogP contribution in [0.25, 0.3) is 0 Å². The Kier molecular flexibility index (Phi) is 9.67. The Morgan fingerprint density at radius 1 is 1.05 bits per heavy atom. The van der Waals surface area contributed by atoms with Crippen molar-refractivity contribution in [3.63, 3.8) is 0 Å². The van der Waals surface area contributed by atoms with E-state index in [1.54, 1.807) is 6.20 Å². The molecule has 0 spiro atoms. The molecule has 200 valence electrons. The van der Waals surface area contributed by atoms with E-state index in [2.05, 4.69) is 34.1 Å². The van der Waals surface area contributed by atoms with Crippen LogP contribution in [0.1, 0.15) is 47.8 Å². The molecule has 0 bridgehead atoms. The SMILES string of the molecule is CCCc1nc(N2CCC(Cc3ccccc3)CC2)ncc1C(=O)N(CCOc1ccccc1)CC(=O)O. The van der Waals surface area contributed by atoms with Crippen molar-refractivity contribution in [2.45, 2.75) is 39.0 Å². The number of hydrogen-bond donors (Lipinski definition) is 1. The molecule has 0 unspecified atom stereocenters. The summed E-state index contributed by atoms with van der Waals surface area (Å²) in [6.45, 7) is 3.69. The zero-order valence-electron chi connectivity index (χ0n) is 22.0. The number of aromatic nitrogens is 2. The van der Waals surface area contributed by atoms with Gasteiger partial charge in [-0.15, -0.1) is 0 Å². The quantitative estimate of drug-likeness (QED) is 0.379. The number of anilines is 1. The van der Waals surface area contributed by atoms with E-state index in [1.165, 1.54) is 10.5 Å². The van der Waals surface area contributed by atoms with Gasteiger partial charge in [0, 0.05) is 19.3 Å². The molecule has 4 rings (SSSR count). The molecule has 1 aliphatic heterocycles. The van der Waals surface area contributed by atoms with Crippen molar-refractivity contribution >= 4 is 17.8 Å². The number of para-hydroxylation sites is 1. The van der Waals surface area contributed by atoms with Crippen molar-refractivity contribution in [1.82, 2.24) is 14.9 Å². The molecule has 0 saturated carbocycles. The lowest BCUT2D eigenvalue weighted by atomic mass is 9.90. The lowest BCUT2D eigenvalue weighted by molar-refractivity contribution is -0.137. The maximum absolute atomic E-state index is 13.4. The number of aryl methyl sites for hydroxylation is 1. The molecule has 1 saturated heterocycles. The number of amides is 1. The van der Waals surface area contributed by atoms with Gasteiger partial charge >= 0.3 is 5.97 Å².